The first-order chi connectivity index (χ1) is 6.81. The molecule has 0 aliphatic rings. The lowest BCUT2D eigenvalue weighted by atomic mass is 10.1. The van der Waals surface area contributed by atoms with Gasteiger partial charge in [0.1, 0.15) is 5.75 Å². The van der Waals surface area contributed by atoms with Crippen molar-refractivity contribution in [2.75, 3.05) is 12.4 Å². The molecule has 1 aromatic carbocycles. The van der Waals surface area contributed by atoms with Gasteiger partial charge < -0.3 is 4.74 Å². The van der Waals surface area contributed by atoms with E-state index >= 15 is 0 Å². The maximum Gasteiger partial charge on any atom is 0.126 e. The Morgan fingerprint density at radius 3 is 2.71 bits per heavy atom. The third kappa shape index (κ3) is 2.88. The maximum atomic E-state index is 5.28. The van der Waals surface area contributed by atoms with E-state index in [-0.39, 0.29) is 0 Å². The Kier molecular flexibility index (Phi) is 4.74. The molecule has 14 heavy (non-hydrogen) atoms. The topological polar surface area (TPSA) is 9.23 Å². The van der Waals surface area contributed by atoms with E-state index in [2.05, 4.69) is 35.0 Å². The molecule has 0 unspecified atom stereocenters. The van der Waals surface area contributed by atoms with Gasteiger partial charge in [-0.05, 0) is 12.5 Å². The molecule has 0 bridgehead atoms. The van der Waals surface area contributed by atoms with E-state index in [1.807, 2.05) is 18.2 Å². The van der Waals surface area contributed by atoms with E-state index < -0.39 is 0 Å². The summed E-state index contributed by atoms with van der Waals surface area (Å²) < 4.78 is 5.28. The van der Waals surface area contributed by atoms with E-state index in [9.17, 15) is 0 Å². The number of para-hydroxylation sites is 1. The second-order valence-electron chi connectivity index (χ2n) is 3.03. The van der Waals surface area contributed by atoms with Crippen molar-refractivity contribution >= 4 is 22.0 Å². The molecule has 0 saturated heterocycles. The van der Waals surface area contributed by atoms with Crippen molar-refractivity contribution in [1.29, 1.82) is 0 Å². The van der Waals surface area contributed by atoms with Crippen LogP contribution in [0.2, 0.25) is 0 Å². The van der Waals surface area contributed by atoms with Gasteiger partial charge in [-0.25, -0.2) is 0 Å². The Bertz CT molecular complexity index is 312. The standard InChI is InChI=1S/C12H15BrO/c1-3-10(9-13)8-11-6-4-5-7-12(11)14-2/h4-8H,3,9H2,1-2H3. The number of allylic oxidation sites excluding steroid dienone is 1. The minimum absolute atomic E-state index is 0.918. The number of hydrogen-bond acceptors (Lipinski definition) is 1. The first-order valence-electron chi connectivity index (χ1n) is 4.70. The van der Waals surface area contributed by atoms with Crippen LogP contribution in [-0.4, -0.2) is 12.4 Å². The average Bonchev–Trinajstić information content (AvgIpc) is 2.26. The third-order valence-electron chi connectivity index (χ3n) is 2.12. The molecular formula is C12H15BrO. The van der Waals surface area contributed by atoms with Gasteiger partial charge >= 0.3 is 0 Å². The molecule has 0 aromatic heterocycles. The molecule has 0 aliphatic carbocycles. The van der Waals surface area contributed by atoms with Crippen LogP contribution in [-0.2, 0) is 0 Å². The summed E-state index contributed by atoms with van der Waals surface area (Å²) in [7, 11) is 1.70. The highest BCUT2D eigenvalue weighted by Crippen LogP contribution is 2.21. The van der Waals surface area contributed by atoms with Gasteiger partial charge in [-0.1, -0.05) is 52.7 Å². The van der Waals surface area contributed by atoms with Crippen molar-refractivity contribution in [2.24, 2.45) is 0 Å². The molecule has 1 nitrogen and oxygen atoms in total. The van der Waals surface area contributed by atoms with Crippen molar-refractivity contribution in [3.63, 3.8) is 0 Å². The van der Waals surface area contributed by atoms with Crippen LogP contribution in [0.15, 0.2) is 29.8 Å². The largest absolute Gasteiger partial charge is 0.496 e. The van der Waals surface area contributed by atoms with Gasteiger partial charge in [0.2, 0.25) is 0 Å². The summed E-state index contributed by atoms with van der Waals surface area (Å²) in [6, 6.07) is 8.05. The number of halogens is 1. The van der Waals surface area contributed by atoms with Gasteiger partial charge in [0.05, 0.1) is 7.11 Å². The van der Waals surface area contributed by atoms with Crippen molar-refractivity contribution in [3.05, 3.63) is 35.4 Å². The van der Waals surface area contributed by atoms with Crippen LogP contribution in [0.4, 0.5) is 0 Å². The van der Waals surface area contributed by atoms with E-state index in [0.717, 1.165) is 23.1 Å². The Balaban J connectivity index is 3.00. The Morgan fingerprint density at radius 2 is 2.14 bits per heavy atom. The molecule has 0 saturated carbocycles. The highest BCUT2D eigenvalue weighted by Gasteiger charge is 1.99. The quantitative estimate of drug-likeness (QED) is 0.742. The molecule has 0 N–H and O–H groups in total. The second-order valence-corrected chi connectivity index (χ2v) is 3.59. The van der Waals surface area contributed by atoms with Crippen molar-refractivity contribution in [2.45, 2.75) is 13.3 Å². The van der Waals surface area contributed by atoms with E-state index in [1.165, 1.54) is 5.57 Å². The zero-order valence-electron chi connectivity index (χ0n) is 8.59. The summed E-state index contributed by atoms with van der Waals surface area (Å²) >= 11 is 3.47. The monoisotopic (exact) mass is 254 g/mol. The molecule has 76 valence electrons. The molecule has 0 spiro atoms. The zero-order valence-corrected chi connectivity index (χ0v) is 10.2. The molecule has 2 heteroatoms. The first-order valence-corrected chi connectivity index (χ1v) is 5.82. The van der Waals surface area contributed by atoms with Crippen LogP contribution >= 0.6 is 15.9 Å². The maximum absolute atomic E-state index is 5.28. The SMILES string of the molecule is CCC(=Cc1ccccc1OC)CBr. The minimum Gasteiger partial charge on any atom is -0.496 e. The predicted molar refractivity (Wildman–Crippen MR) is 65.1 cm³/mol. The van der Waals surface area contributed by atoms with Crippen molar-refractivity contribution in [3.8, 4) is 5.75 Å². The lowest BCUT2D eigenvalue weighted by Crippen LogP contribution is -1.88. The molecule has 0 amide bonds. The minimum atomic E-state index is 0.918. The third-order valence-corrected chi connectivity index (χ3v) is 2.84. The van der Waals surface area contributed by atoms with Crippen LogP contribution in [0.25, 0.3) is 6.08 Å². The Morgan fingerprint density at radius 1 is 1.43 bits per heavy atom. The van der Waals surface area contributed by atoms with Gasteiger partial charge in [0, 0.05) is 10.9 Å². The van der Waals surface area contributed by atoms with Gasteiger partial charge in [-0.15, -0.1) is 0 Å². The van der Waals surface area contributed by atoms with Crippen LogP contribution in [0.1, 0.15) is 18.9 Å². The smallest absolute Gasteiger partial charge is 0.126 e. The molecule has 0 fully saturated rings. The fourth-order valence-corrected chi connectivity index (χ4v) is 1.80. The summed E-state index contributed by atoms with van der Waals surface area (Å²) in [5, 5.41) is 0.918. The summed E-state index contributed by atoms with van der Waals surface area (Å²) in [4.78, 5) is 0. The Labute approximate surface area is 93.9 Å². The van der Waals surface area contributed by atoms with Gasteiger partial charge in [0.15, 0.2) is 0 Å². The fraction of sp³-hybridized carbons (Fsp3) is 0.333. The highest BCUT2D eigenvalue weighted by atomic mass is 79.9. The second kappa shape index (κ2) is 5.86. The number of hydrogen-bond donors (Lipinski definition) is 0. The van der Waals surface area contributed by atoms with E-state index in [1.54, 1.807) is 7.11 Å². The molecule has 0 heterocycles. The zero-order chi connectivity index (χ0) is 10.4. The number of alkyl halides is 1. The van der Waals surface area contributed by atoms with Gasteiger partial charge in [-0.2, -0.15) is 0 Å². The lowest BCUT2D eigenvalue weighted by molar-refractivity contribution is 0.414. The number of methoxy groups -OCH3 is 1. The van der Waals surface area contributed by atoms with Crippen molar-refractivity contribution in [1.82, 2.24) is 0 Å². The Hall–Kier alpha value is -0.760. The normalized spacial score (nSPS) is 11.5. The summed E-state index contributed by atoms with van der Waals surface area (Å²) in [5.74, 6) is 0.930. The number of rotatable bonds is 4. The van der Waals surface area contributed by atoms with Crippen LogP contribution in [0.3, 0.4) is 0 Å². The van der Waals surface area contributed by atoms with Gasteiger partial charge in [0.25, 0.3) is 0 Å². The fourth-order valence-electron chi connectivity index (χ4n) is 1.24. The molecule has 0 aliphatic heterocycles. The predicted octanol–water partition coefficient (Wildman–Crippen LogP) is 3.88. The molecule has 0 atom stereocenters. The van der Waals surface area contributed by atoms with Gasteiger partial charge in [-0.3, -0.25) is 0 Å². The lowest BCUT2D eigenvalue weighted by Gasteiger charge is -2.05. The van der Waals surface area contributed by atoms with E-state index in [0.29, 0.717) is 0 Å². The first kappa shape index (κ1) is 11.3. The number of benzene rings is 1. The van der Waals surface area contributed by atoms with Crippen LogP contribution in [0.5, 0.6) is 5.75 Å². The average molecular weight is 255 g/mol. The molecule has 1 aromatic rings. The molecule has 1 rings (SSSR count). The molecule has 0 radical (unpaired) electrons. The van der Waals surface area contributed by atoms with Crippen LogP contribution < -0.4 is 4.74 Å². The van der Waals surface area contributed by atoms with Crippen LogP contribution in [0, 0.1) is 0 Å². The summed E-state index contributed by atoms with van der Waals surface area (Å²) in [5.41, 5.74) is 2.51. The number of ether oxygens (including phenoxy) is 1. The van der Waals surface area contributed by atoms with E-state index in [4.69, 9.17) is 4.74 Å². The molecular weight excluding hydrogens is 240 g/mol. The summed E-state index contributed by atoms with van der Waals surface area (Å²) in [6.07, 6.45) is 3.23. The van der Waals surface area contributed by atoms with Crippen molar-refractivity contribution < 1.29 is 4.74 Å². The summed E-state index contributed by atoms with van der Waals surface area (Å²) in [6.45, 7) is 2.16. The highest BCUT2D eigenvalue weighted by molar-refractivity contribution is 9.09.